The van der Waals surface area contributed by atoms with Crippen molar-refractivity contribution in [2.24, 2.45) is 35.3 Å². The van der Waals surface area contributed by atoms with Gasteiger partial charge in [0.05, 0.1) is 55.0 Å². The fraction of sp³-hybridized carbons (Fsp3) is 0.706. The van der Waals surface area contributed by atoms with E-state index in [1.807, 2.05) is 48.5 Å². The van der Waals surface area contributed by atoms with E-state index in [9.17, 15) is 29.1 Å². The number of carbonyl (C=O) groups excluding carboxylic acids is 5. The van der Waals surface area contributed by atoms with Crippen molar-refractivity contribution < 1.29 is 43.3 Å². The fourth-order valence-electron chi connectivity index (χ4n) is 9.04. The van der Waals surface area contributed by atoms with Crippen LogP contribution in [0, 0.1) is 29.6 Å². The zero-order chi connectivity index (χ0) is 50.4. The van der Waals surface area contributed by atoms with E-state index < -0.39 is 66.4 Å². The van der Waals surface area contributed by atoms with Crippen LogP contribution in [0.5, 0.6) is 0 Å². The molecule has 15 heteroatoms. The molecule has 0 aromatic heterocycles. The number of hydrogen-bond donors (Lipinski definition) is 4. The zero-order valence-corrected chi connectivity index (χ0v) is 42.9. The Morgan fingerprint density at radius 3 is 2.11 bits per heavy atom. The quantitative estimate of drug-likeness (QED) is 0.0454. The van der Waals surface area contributed by atoms with Gasteiger partial charge >= 0.3 is 6.09 Å². The predicted octanol–water partition coefficient (Wildman–Crippen LogP) is 6.88. The van der Waals surface area contributed by atoms with E-state index in [1.165, 1.54) is 32.4 Å². The van der Waals surface area contributed by atoms with Crippen LogP contribution < -0.4 is 16.4 Å². The summed E-state index contributed by atoms with van der Waals surface area (Å²) in [4.78, 5) is 74.4. The molecule has 376 valence electrons. The molecule has 0 aliphatic carbocycles. The van der Waals surface area contributed by atoms with Gasteiger partial charge in [-0.1, -0.05) is 106 Å². The Hall–Kier alpha value is -4.47. The van der Waals surface area contributed by atoms with Gasteiger partial charge in [0, 0.05) is 40.6 Å². The summed E-state index contributed by atoms with van der Waals surface area (Å²) < 4.78 is 17.4. The number of likely N-dealkylation sites (tertiary alicyclic amines) is 1. The van der Waals surface area contributed by atoms with Crippen molar-refractivity contribution in [1.82, 2.24) is 25.3 Å². The van der Waals surface area contributed by atoms with Crippen LogP contribution in [0.3, 0.4) is 0 Å². The second-order valence-corrected chi connectivity index (χ2v) is 18.7. The molecule has 0 spiro atoms. The van der Waals surface area contributed by atoms with Crippen LogP contribution in [0.4, 0.5) is 4.79 Å². The van der Waals surface area contributed by atoms with E-state index in [2.05, 4.69) is 30.7 Å². The lowest BCUT2D eigenvalue weighted by Crippen LogP contribution is -2.60. The summed E-state index contributed by atoms with van der Waals surface area (Å²) in [7, 11) is 6.23. The highest BCUT2D eigenvalue weighted by Gasteiger charge is 2.43. The number of hydrogen-bond acceptors (Lipinski definition) is 10. The third-order valence-electron chi connectivity index (χ3n) is 13.1. The van der Waals surface area contributed by atoms with E-state index in [0.29, 0.717) is 43.5 Å². The maximum Gasteiger partial charge on any atom is 0.415 e. The third-order valence-corrected chi connectivity index (χ3v) is 13.1. The second-order valence-electron chi connectivity index (χ2n) is 18.7. The second kappa shape index (κ2) is 30.0. The van der Waals surface area contributed by atoms with Crippen LogP contribution in [-0.4, -0.2) is 133 Å². The molecule has 0 radical (unpaired) electrons. The molecule has 1 rings (SSSR count). The first-order valence-electron chi connectivity index (χ1n) is 24.0. The van der Waals surface area contributed by atoms with Gasteiger partial charge in [0.25, 0.3) is 0 Å². The maximum atomic E-state index is 14.6. The SMILES string of the molecule is C=C/C=C(\C=C/C)C(O)C(C)NC(=O)C(C)C(OC)C1CCCN1C(=O)CC(OC)C(C(C)CC)N(C)C(=O)[C@@H](NC(=O)C(C(C)C)N(C)C(=O)O/C=C/CCC(CCC)C(=C)N)C(C)C. The lowest BCUT2D eigenvalue weighted by Gasteiger charge is -2.41. The summed E-state index contributed by atoms with van der Waals surface area (Å²) >= 11 is 0. The number of aliphatic hydroxyl groups excluding tert-OH is 1. The van der Waals surface area contributed by atoms with Crippen LogP contribution in [0.2, 0.25) is 0 Å². The van der Waals surface area contributed by atoms with Gasteiger partial charge in [0.1, 0.15) is 12.1 Å². The smallest absolute Gasteiger partial charge is 0.415 e. The minimum Gasteiger partial charge on any atom is -0.418 e. The van der Waals surface area contributed by atoms with Crippen LogP contribution >= 0.6 is 0 Å². The number of nitrogens with zero attached hydrogens (tertiary/aromatic N) is 3. The summed E-state index contributed by atoms with van der Waals surface area (Å²) in [6, 6.07) is -3.48. The zero-order valence-electron chi connectivity index (χ0n) is 42.9. The van der Waals surface area contributed by atoms with Gasteiger partial charge in [-0.05, 0) is 81.3 Å². The molecule has 5 amide bonds. The number of likely N-dealkylation sites (N-methyl/N-ethyl adjacent to an activating group) is 2. The number of rotatable bonds is 29. The first-order chi connectivity index (χ1) is 31.1. The van der Waals surface area contributed by atoms with Crippen molar-refractivity contribution in [3.05, 3.63) is 61.1 Å². The van der Waals surface area contributed by atoms with Crippen molar-refractivity contribution in [3.8, 4) is 0 Å². The lowest BCUT2D eigenvalue weighted by molar-refractivity contribution is -0.148. The molecule has 0 aromatic carbocycles. The number of nitrogens with one attached hydrogen (secondary N) is 2. The number of ether oxygens (including phenoxy) is 3. The summed E-state index contributed by atoms with van der Waals surface area (Å²) in [5.41, 5.74) is 7.19. The molecular weight excluding hydrogens is 841 g/mol. The third kappa shape index (κ3) is 17.3. The molecule has 15 nitrogen and oxygen atoms in total. The highest BCUT2D eigenvalue weighted by atomic mass is 16.5. The molecule has 0 saturated carbocycles. The molecule has 66 heavy (non-hydrogen) atoms. The van der Waals surface area contributed by atoms with Gasteiger partial charge in [0.2, 0.25) is 23.6 Å². The highest BCUT2D eigenvalue weighted by Crippen LogP contribution is 2.30. The van der Waals surface area contributed by atoms with Gasteiger partial charge in [-0.2, -0.15) is 0 Å². The lowest BCUT2D eigenvalue weighted by atomic mass is 9.89. The first kappa shape index (κ1) is 59.5. The molecule has 0 bridgehead atoms. The van der Waals surface area contributed by atoms with Gasteiger partial charge in [-0.15, -0.1) is 0 Å². The Morgan fingerprint density at radius 2 is 1.59 bits per heavy atom. The Bertz CT molecular complexity index is 1660. The average Bonchev–Trinajstić information content (AvgIpc) is 3.76. The van der Waals surface area contributed by atoms with Crippen molar-refractivity contribution in [2.45, 2.75) is 169 Å². The molecule has 1 aliphatic rings. The highest BCUT2D eigenvalue weighted by molar-refractivity contribution is 5.92. The number of amides is 5. The molecular formula is C51H88N6O9. The van der Waals surface area contributed by atoms with Crippen molar-refractivity contribution in [1.29, 1.82) is 0 Å². The van der Waals surface area contributed by atoms with Gasteiger partial charge in [-0.25, -0.2) is 4.79 Å². The number of allylic oxidation sites excluding steroid dienone is 5. The molecule has 1 aliphatic heterocycles. The Labute approximate surface area is 397 Å². The minimum absolute atomic E-state index is 0.0413. The van der Waals surface area contributed by atoms with Gasteiger partial charge in [-0.3, -0.25) is 24.1 Å². The summed E-state index contributed by atoms with van der Waals surface area (Å²) in [6.07, 6.45) is 12.2. The van der Waals surface area contributed by atoms with E-state index in [4.69, 9.17) is 19.9 Å². The molecule has 11 atom stereocenters. The first-order valence-corrected chi connectivity index (χ1v) is 24.0. The molecule has 1 fully saturated rings. The van der Waals surface area contributed by atoms with E-state index in [1.54, 1.807) is 61.1 Å². The molecule has 0 aromatic rings. The molecule has 1 saturated heterocycles. The number of methoxy groups -OCH3 is 2. The monoisotopic (exact) mass is 929 g/mol. The Morgan fingerprint density at radius 1 is 0.939 bits per heavy atom. The van der Waals surface area contributed by atoms with Crippen LogP contribution in [0.25, 0.3) is 0 Å². The number of nitrogens with two attached hydrogens (primary N) is 1. The number of carbonyl (C=O) groups is 5. The topological polar surface area (TPSA) is 193 Å². The fourth-order valence-corrected chi connectivity index (χ4v) is 9.04. The molecule has 1 heterocycles. The molecule has 10 unspecified atom stereocenters. The van der Waals surface area contributed by atoms with Crippen molar-refractivity contribution >= 4 is 29.7 Å². The van der Waals surface area contributed by atoms with Crippen LogP contribution in [0.1, 0.15) is 121 Å². The normalized spacial score (nSPS) is 19.1. The Kier molecular flexibility index (Phi) is 27.1. The maximum absolute atomic E-state index is 14.6. The number of aliphatic hydroxyl groups is 1. The van der Waals surface area contributed by atoms with E-state index in [-0.39, 0.29) is 47.8 Å². The predicted molar refractivity (Wildman–Crippen MR) is 263 cm³/mol. The van der Waals surface area contributed by atoms with E-state index in [0.717, 1.165) is 19.3 Å². The largest absolute Gasteiger partial charge is 0.418 e. The van der Waals surface area contributed by atoms with Gasteiger partial charge in [0.15, 0.2) is 0 Å². The standard InChI is InChI=1S/C51H88N6O9/c1-17-24-38(36(11)52)27-21-22-30-66-51(63)56(14)44(33(7)8)49(61)54-43(32(5)6)50(62)55(13)45(34(9)20-4)41(64-15)31-42(58)57-29-23-28-40(57)47(65-16)35(10)48(60)53-37(12)46(59)39(25-18-2)26-19-3/h18-19,22,25-26,30,32-35,37-38,40-41,43-47,59H,2,11,17,20-21,23-24,27-29,31,52H2,1,3-10,12-16H3,(H,53,60)(H,54,61)/b26-19-,30-22+,39-25+/t34?,35?,37?,38?,40?,41?,43-,44?,45?,46?,47?/m0/s1. The van der Waals surface area contributed by atoms with Crippen LogP contribution in [0.15, 0.2) is 61.1 Å². The van der Waals surface area contributed by atoms with Crippen molar-refractivity contribution in [3.63, 3.8) is 0 Å². The van der Waals surface area contributed by atoms with E-state index >= 15 is 0 Å². The van der Waals surface area contributed by atoms with Crippen molar-refractivity contribution in [2.75, 3.05) is 34.9 Å². The minimum atomic E-state index is -0.970. The Balaban J connectivity index is 3.26. The van der Waals surface area contributed by atoms with Gasteiger partial charge < -0.3 is 45.5 Å². The summed E-state index contributed by atoms with van der Waals surface area (Å²) in [6.45, 7) is 26.8. The summed E-state index contributed by atoms with van der Waals surface area (Å²) in [5.74, 6) is -2.61. The van der Waals surface area contributed by atoms with Crippen LogP contribution in [-0.2, 0) is 33.4 Å². The molecule has 5 N–H and O–H groups in total. The summed E-state index contributed by atoms with van der Waals surface area (Å²) in [5, 5.41) is 16.9. The average molecular weight is 929 g/mol.